The Morgan fingerprint density at radius 3 is 2.41 bits per heavy atom. The number of aromatic carboxylic acids is 1. The minimum atomic E-state index is -0.984. The molecule has 0 aromatic heterocycles. The number of rotatable bonds is 4. The molecule has 5 nitrogen and oxygen atoms in total. The summed E-state index contributed by atoms with van der Waals surface area (Å²) in [5, 5.41) is 9.51. The molecule has 2 aromatic carbocycles. The average molecular weight is 378 g/mol. The Morgan fingerprint density at radius 1 is 1.11 bits per heavy atom. The Bertz CT molecular complexity index is 961. The number of amidine groups is 1. The van der Waals surface area contributed by atoms with Gasteiger partial charge < -0.3 is 5.11 Å². The highest BCUT2D eigenvalue weighted by Crippen LogP contribution is 2.32. The predicted molar refractivity (Wildman–Crippen MR) is 109 cm³/mol. The van der Waals surface area contributed by atoms with Crippen LogP contribution in [0.4, 0.5) is 5.69 Å². The number of aliphatic imine (C=N–C) groups is 1. The van der Waals surface area contributed by atoms with Gasteiger partial charge in [0.15, 0.2) is 5.17 Å². The zero-order valence-electron chi connectivity index (χ0n) is 14.9. The third-order valence-electron chi connectivity index (χ3n) is 3.90. The van der Waals surface area contributed by atoms with Crippen LogP contribution in [0.1, 0.15) is 22.8 Å². The summed E-state index contributed by atoms with van der Waals surface area (Å²) in [5.41, 5.74) is 2.84. The van der Waals surface area contributed by atoms with Crippen LogP contribution in [0, 0.1) is 0 Å². The number of benzene rings is 2. The topological polar surface area (TPSA) is 70.0 Å². The Hall–Kier alpha value is -3.12. The average Bonchev–Trinajstić information content (AvgIpc) is 2.91. The zero-order chi connectivity index (χ0) is 19.4. The van der Waals surface area contributed by atoms with Gasteiger partial charge in [0.2, 0.25) is 0 Å². The van der Waals surface area contributed by atoms with E-state index in [4.69, 9.17) is 5.11 Å². The SMILES string of the molecule is CC(/C=C1\SC(=Nc2ccc(C(=O)O)cc2)N(C)C1=O)=C\c1ccccc1. The van der Waals surface area contributed by atoms with Crippen LogP contribution < -0.4 is 0 Å². The molecule has 1 aliphatic heterocycles. The summed E-state index contributed by atoms with van der Waals surface area (Å²) in [7, 11) is 1.68. The van der Waals surface area contributed by atoms with E-state index in [2.05, 4.69) is 4.99 Å². The first kappa shape index (κ1) is 18.7. The van der Waals surface area contributed by atoms with Crippen molar-refractivity contribution in [3.63, 3.8) is 0 Å². The van der Waals surface area contributed by atoms with E-state index in [0.29, 0.717) is 15.8 Å². The second-order valence-electron chi connectivity index (χ2n) is 6.02. The number of nitrogens with zero attached hydrogens (tertiary/aromatic N) is 2. The first-order chi connectivity index (χ1) is 12.9. The fourth-order valence-corrected chi connectivity index (χ4v) is 3.54. The van der Waals surface area contributed by atoms with E-state index in [1.54, 1.807) is 19.2 Å². The number of carbonyl (C=O) groups is 2. The molecule has 2 aromatic rings. The van der Waals surface area contributed by atoms with Crippen LogP contribution in [0.3, 0.4) is 0 Å². The molecule has 1 amide bonds. The Morgan fingerprint density at radius 2 is 1.78 bits per heavy atom. The van der Waals surface area contributed by atoms with Crippen LogP contribution in [-0.2, 0) is 4.79 Å². The van der Waals surface area contributed by atoms with Gasteiger partial charge in [-0.1, -0.05) is 36.4 Å². The molecule has 3 rings (SSSR count). The lowest BCUT2D eigenvalue weighted by molar-refractivity contribution is -0.121. The molecule has 0 atom stereocenters. The van der Waals surface area contributed by atoms with Crippen LogP contribution in [-0.4, -0.2) is 34.1 Å². The van der Waals surface area contributed by atoms with E-state index >= 15 is 0 Å². The highest BCUT2D eigenvalue weighted by molar-refractivity contribution is 8.18. The summed E-state index contributed by atoms with van der Waals surface area (Å²) in [4.78, 5) is 30.0. The smallest absolute Gasteiger partial charge is 0.335 e. The fraction of sp³-hybridized carbons (Fsp3) is 0.0952. The van der Waals surface area contributed by atoms with Crippen molar-refractivity contribution in [3.8, 4) is 0 Å². The number of likely N-dealkylation sites (N-methyl/N-ethyl adjacent to an activating group) is 1. The lowest BCUT2D eigenvalue weighted by Crippen LogP contribution is -2.23. The fourth-order valence-electron chi connectivity index (χ4n) is 2.50. The van der Waals surface area contributed by atoms with Crippen molar-refractivity contribution in [1.29, 1.82) is 0 Å². The highest BCUT2D eigenvalue weighted by Gasteiger charge is 2.30. The standard InChI is InChI=1S/C21H18N2O3S/c1-14(12-15-6-4-3-5-7-15)13-18-19(24)23(2)21(27-18)22-17-10-8-16(9-11-17)20(25)26/h3-13H,1-2H3,(H,25,26)/b14-12+,18-13-,22-21?. The summed E-state index contributed by atoms with van der Waals surface area (Å²) in [5.74, 6) is -1.09. The number of allylic oxidation sites excluding steroid dienone is 2. The van der Waals surface area contributed by atoms with Gasteiger partial charge in [0.25, 0.3) is 5.91 Å². The van der Waals surface area contributed by atoms with Crippen molar-refractivity contribution in [2.45, 2.75) is 6.92 Å². The van der Waals surface area contributed by atoms with E-state index in [1.807, 2.05) is 49.4 Å². The van der Waals surface area contributed by atoms with E-state index in [1.165, 1.54) is 28.8 Å². The Kier molecular flexibility index (Phi) is 5.57. The van der Waals surface area contributed by atoms with Gasteiger partial charge in [-0.3, -0.25) is 9.69 Å². The number of thioether (sulfide) groups is 1. The van der Waals surface area contributed by atoms with Gasteiger partial charge in [-0.15, -0.1) is 0 Å². The Labute approximate surface area is 161 Å². The number of carboxylic acid groups (broad SMARTS) is 1. The van der Waals surface area contributed by atoms with Crippen LogP contribution in [0.5, 0.6) is 0 Å². The molecule has 0 bridgehead atoms. The van der Waals surface area contributed by atoms with Crippen molar-refractivity contribution in [1.82, 2.24) is 4.90 Å². The lowest BCUT2D eigenvalue weighted by Gasteiger charge is -2.07. The number of carbonyl (C=O) groups excluding carboxylic acids is 1. The summed E-state index contributed by atoms with van der Waals surface area (Å²) in [6.07, 6.45) is 3.87. The molecule has 1 N–H and O–H groups in total. The molecule has 1 heterocycles. The zero-order valence-corrected chi connectivity index (χ0v) is 15.7. The summed E-state index contributed by atoms with van der Waals surface area (Å²) in [6.45, 7) is 1.95. The molecule has 0 unspecified atom stereocenters. The molecule has 136 valence electrons. The molecule has 0 radical (unpaired) electrons. The molecule has 0 aliphatic carbocycles. The third-order valence-corrected chi connectivity index (χ3v) is 4.96. The maximum atomic E-state index is 12.5. The maximum Gasteiger partial charge on any atom is 0.335 e. The van der Waals surface area contributed by atoms with E-state index in [-0.39, 0.29) is 11.5 Å². The van der Waals surface area contributed by atoms with Crippen molar-refractivity contribution in [3.05, 3.63) is 82.3 Å². The maximum absolute atomic E-state index is 12.5. The monoisotopic (exact) mass is 378 g/mol. The second kappa shape index (κ2) is 8.05. The van der Waals surface area contributed by atoms with Crippen molar-refractivity contribution in [2.75, 3.05) is 7.05 Å². The van der Waals surface area contributed by atoms with Gasteiger partial charge in [0.05, 0.1) is 16.2 Å². The number of hydrogen-bond donors (Lipinski definition) is 1. The first-order valence-electron chi connectivity index (χ1n) is 8.27. The van der Waals surface area contributed by atoms with E-state index in [9.17, 15) is 9.59 Å². The largest absolute Gasteiger partial charge is 0.478 e. The lowest BCUT2D eigenvalue weighted by atomic mass is 10.1. The summed E-state index contributed by atoms with van der Waals surface area (Å²) >= 11 is 1.30. The predicted octanol–water partition coefficient (Wildman–Crippen LogP) is 4.56. The third kappa shape index (κ3) is 4.54. The molecule has 1 fully saturated rings. The van der Waals surface area contributed by atoms with Gasteiger partial charge >= 0.3 is 5.97 Å². The van der Waals surface area contributed by atoms with Crippen molar-refractivity contribution in [2.24, 2.45) is 4.99 Å². The van der Waals surface area contributed by atoms with E-state index < -0.39 is 5.97 Å². The molecule has 27 heavy (non-hydrogen) atoms. The number of amides is 1. The highest BCUT2D eigenvalue weighted by atomic mass is 32.2. The number of hydrogen-bond acceptors (Lipinski definition) is 4. The van der Waals surface area contributed by atoms with Gasteiger partial charge in [-0.2, -0.15) is 0 Å². The van der Waals surface area contributed by atoms with E-state index in [0.717, 1.165) is 11.1 Å². The molecule has 6 heteroatoms. The van der Waals surface area contributed by atoms with Crippen molar-refractivity contribution < 1.29 is 14.7 Å². The summed E-state index contributed by atoms with van der Waals surface area (Å²) < 4.78 is 0. The Balaban J connectivity index is 1.81. The van der Waals surface area contributed by atoms with Gasteiger partial charge in [0, 0.05) is 7.05 Å². The molecule has 1 aliphatic rings. The molecule has 0 spiro atoms. The van der Waals surface area contributed by atoms with Crippen LogP contribution in [0.25, 0.3) is 6.08 Å². The summed E-state index contributed by atoms with van der Waals surface area (Å²) in [6, 6.07) is 16.1. The van der Waals surface area contributed by atoms with Crippen LogP contribution in [0.15, 0.2) is 76.1 Å². The minimum Gasteiger partial charge on any atom is -0.478 e. The first-order valence-corrected chi connectivity index (χ1v) is 9.08. The minimum absolute atomic E-state index is 0.110. The quantitative estimate of drug-likeness (QED) is 0.792. The molecular weight excluding hydrogens is 360 g/mol. The normalized spacial score (nSPS) is 17.8. The number of carboxylic acids is 1. The van der Waals surface area contributed by atoms with Gasteiger partial charge in [0.1, 0.15) is 0 Å². The second-order valence-corrected chi connectivity index (χ2v) is 7.03. The molecule has 0 saturated carbocycles. The van der Waals surface area contributed by atoms with Gasteiger partial charge in [-0.05, 0) is 60.2 Å². The van der Waals surface area contributed by atoms with Gasteiger partial charge in [-0.25, -0.2) is 9.79 Å². The molecule has 1 saturated heterocycles. The molecular formula is C21H18N2O3S. The van der Waals surface area contributed by atoms with Crippen molar-refractivity contribution >= 4 is 40.6 Å². The van der Waals surface area contributed by atoms with Crippen LogP contribution >= 0.6 is 11.8 Å². The van der Waals surface area contributed by atoms with Crippen LogP contribution in [0.2, 0.25) is 0 Å².